The first-order chi connectivity index (χ1) is 12.4. The molecule has 1 aromatic heterocycles. The van der Waals surface area contributed by atoms with Crippen LogP contribution >= 0.6 is 11.3 Å². The van der Waals surface area contributed by atoms with E-state index in [-0.39, 0.29) is 6.23 Å². The van der Waals surface area contributed by atoms with E-state index in [1.807, 2.05) is 65.7 Å². The molecule has 1 fully saturated rings. The smallest absolute Gasteiger partial charge is 0.201 e. The first kappa shape index (κ1) is 15.9. The topological polar surface area (TPSA) is 37.8 Å². The van der Waals surface area contributed by atoms with E-state index in [4.69, 9.17) is 9.57 Å². The van der Waals surface area contributed by atoms with Crippen LogP contribution in [0.1, 0.15) is 0 Å². The second kappa shape index (κ2) is 7.55. The molecule has 25 heavy (non-hydrogen) atoms. The van der Waals surface area contributed by atoms with Crippen molar-refractivity contribution in [3.8, 4) is 11.5 Å². The molecule has 127 valence electrons. The van der Waals surface area contributed by atoms with Crippen molar-refractivity contribution in [1.29, 1.82) is 0 Å². The molecule has 2 heterocycles. The molecule has 0 N–H and O–H groups in total. The standard InChI is InChI=1S/C19H18N3O2S/c1-3-7-16(8-4-1)23-19-13-21(18-14-25-15-20-18)11-12-22(19)24-17-9-5-2-6-10-17/h1-10,15,19H,11-13H2. The van der Waals surface area contributed by atoms with Gasteiger partial charge >= 0.3 is 0 Å². The van der Waals surface area contributed by atoms with Crippen LogP contribution in [-0.2, 0) is 0 Å². The van der Waals surface area contributed by atoms with Gasteiger partial charge in [0.15, 0.2) is 0 Å². The van der Waals surface area contributed by atoms with E-state index >= 15 is 0 Å². The van der Waals surface area contributed by atoms with Gasteiger partial charge in [-0.2, -0.15) is 0 Å². The lowest BCUT2D eigenvalue weighted by Gasteiger charge is -2.39. The fraction of sp³-hybridized carbons (Fsp3) is 0.211. The van der Waals surface area contributed by atoms with Gasteiger partial charge in [0, 0.05) is 6.54 Å². The highest BCUT2D eigenvalue weighted by Crippen LogP contribution is 2.23. The summed E-state index contributed by atoms with van der Waals surface area (Å²) in [5.41, 5.74) is 1.80. The van der Waals surface area contributed by atoms with Gasteiger partial charge in [-0.3, -0.25) is 0 Å². The molecule has 1 aliphatic rings. The lowest BCUT2D eigenvalue weighted by atomic mass is 10.3. The molecular weight excluding hydrogens is 334 g/mol. The third kappa shape index (κ3) is 3.92. The summed E-state index contributed by atoms with van der Waals surface area (Å²) in [5, 5.41) is 5.09. The van der Waals surface area contributed by atoms with E-state index in [9.17, 15) is 0 Å². The summed E-state index contributed by atoms with van der Waals surface area (Å²) in [5.74, 6) is 2.49. The number of para-hydroxylation sites is 2. The van der Waals surface area contributed by atoms with Crippen LogP contribution in [0.25, 0.3) is 0 Å². The molecule has 1 atom stereocenters. The molecule has 5 nitrogen and oxygen atoms in total. The Morgan fingerprint density at radius 3 is 2.36 bits per heavy atom. The summed E-state index contributed by atoms with van der Waals surface area (Å²) >= 11 is 1.48. The lowest BCUT2D eigenvalue weighted by molar-refractivity contribution is -0.163. The number of nitrogens with zero attached hydrogens (tertiary/aromatic N) is 3. The van der Waals surface area contributed by atoms with Crippen molar-refractivity contribution in [3.05, 3.63) is 71.6 Å². The highest BCUT2D eigenvalue weighted by atomic mass is 32.1. The molecule has 1 saturated heterocycles. The van der Waals surface area contributed by atoms with Crippen molar-refractivity contribution in [2.45, 2.75) is 6.23 Å². The van der Waals surface area contributed by atoms with Crippen LogP contribution in [-0.4, -0.2) is 35.9 Å². The van der Waals surface area contributed by atoms with Crippen molar-refractivity contribution in [1.82, 2.24) is 10.0 Å². The zero-order chi connectivity index (χ0) is 16.9. The second-order valence-electron chi connectivity index (χ2n) is 5.65. The summed E-state index contributed by atoms with van der Waals surface area (Å²) < 4.78 is 6.19. The maximum absolute atomic E-state index is 6.19. The molecule has 6 heteroatoms. The average Bonchev–Trinajstić information content (AvgIpc) is 3.20. The zero-order valence-corrected chi connectivity index (χ0v) is 14.4. The normalized spacial score (nSPS) is 18.1. The summed E-state index contributed by atoms with van der Waals surface area (Å²) in [4.78, 5) is 12.6. The van der Waals surface area contributed by atoms with Crippen LogP contribution in [0.5, 0.6) is 11.5 Å². The number of hydroxylamine groups is 2. The van der Waals surface area contributed by atoms with E-state index in [2.05, 4.69) is 15.3 Å². The molecule has 0 amide bonds. The van der Waals surface area contributed by atoms with Crippen molar-refractivity contribution in [2.75, 3.05) is 24.5 Å². The number of aromatic nitrogens is 1. The SMILES string of the molecule is [c]1scnc1N1CCN(Oc2ccccc2)C(Oc2ccccc2)C1. The van der Waals surface area contributed by atoms with Gasteiger partial charge in [-0.25, -0.2) is 4.98 Å². The molecule has 3 aromatic rings. The summed E-state index contributed by atoms with van der Waals surface area (Å²) in [7, 11) is 0. The number of hydrogen-bond acceptors (Lipinski definition) is 6. The first-order valence-corrected chi connectivity index (χ1v) is 9.04. The third-order valence-electron chi connectivity index (χ3n) is 3.95. The molecule has 2 aromatic carbocycles. The van der Waals surface area contributed by atoms with Crippen molar-refractivity contribution >= 4 is 17.2 Å². The van der Waals surface area contributed by atoms with Gasteiger partial charge in [-0.05, 0) is 24.3 Å². The van der Waals surface area contributed by atoms with Crippen LogP contribution in [0, 0.1) is 5.38 Å². The molecule has 0 bridgehead atoms. The highest BCUT2D eigenvalue weighted by molar-refractivity contribution is 7.07. The Balaban J connectivity index is 1.52. The molecule has 1 unspecified atom stereocenters. The Hall–Kier alpha value is -2.57. The van der Waals surface area contributed by atoms with E-state index in [1.54, 1.807) is 5.51 Å². The van der Waals surface area contributed by atoms with Gasteiger partial charge in [0.05, 0.1) is 24.0 Å². The Morgan fingerprint density at radius 2 is 1.68 bits per heavy atom. The number of piperazine rings is 1. The molecule has 0 aliphatic carbocycles. The fourth-order valence-electron chi connectivity index (χ4n) is 2.73. The van der Waals surface area contributed by atoms with Gasteiger partial charge < -0.3 is 14.5 Å². The number of anilines is 1. The number of thiazole rings is 1. The van der Waals surface area contributed by atoms with Gasteiger partial charge in [0.25, 0.3) is 0 Å². The molecular formula is C19H18N3O2S. The minimum Gasteiger partial charge on any atom is -0.470 e. The highest BCUT2D eigenvalue weighted by Gasteiger charge is 2.31. The molecule has 4 rings (SSSR count). The minimum atomic E-state index is -0.244. The summed E-state index contributed by atoms with van der Waals surface area (Å²) in [6.07, 6.45) is -0.244. The fourth-order valence-corrected chi connectivity index (χ4v) is 3.22. The predicted molar refractivity (Wildman–Crippen MR) is 97.8 cm³/mol. The van der Waals surface area contributed by atoms with E-state index in [1.165, 1.54) is 11.3 Å². The Kier molecular flexibility index (Phi) is 4.81. The maximum atomic E-state index is 6.19. The van der Waals surface area contributed by atoms with Crippen LogP contribution in [0.2, 0.25) is 0 Å². The van der Waals surface area contributed by atoms with Gasteiger partial charge in [0.2, 0.25) is 6.23 Å². The van der Waals surface area contributed by atoms with Crippen molar-refractivity contribution in [2.24, 2.45) is 0 Å². The largest absolute Gasteiger partial charge is 0.470 e. The van der Waals surface area contributed by atoms with E-state index in [0.29, 0.717) is 13.1 Å². The molecule has 1 aliphatic heterocycles. The van der Waals surface area contributed by atoms with E-state index < -0.39 is 0 Å². The number of rotatable bonds is 5. The lowest BCUT2D eigenvalue weighted by Crippen LogP contribution is -2.57. The van der Waals surface area contributed by atoms with Crippen LogP contribution in [0.15, 0.2) is 66.2 Å². The first-order valence-electron chi connectivity index (χ1n) is 8.16. The Morgan fingerprint density at radius 1 is 0.960 bits per heavy atom. The summed E-state index contributed by atoms with van der Waals surface area (Å²) in [6, 6.07) is 19.6. The summed E-state index contributed by atoms with van der Waals surface area (Å²) in [6.45, 7) is 2.17. The monoisotopic (exact) mass is 352 g/mol. The minimum absolute atomic E-state index is 0.244. The average molecular weight is 352 g/mol. The maximum Gasteiger partial charge on any atom is 0.201 e. The van der Waals surface area contributed by atoms with E-state index in [0.717, 1.165) is 23.9 Å². The van der Waals surface area contributed by atoms with Crippen LogP contribution in [0.4, 0.5) is 5.82 Å². The van der Waals surface area contributed by atoms with Crippen LogP contribution in [0.3, 0.4) is 0 Å². The third-order valence-corrected chi connectivity index (χ3v) is 4.46. The molecule has 0 spiro atoms. The molecule has 0 saturated carbocycles. The van der Waals surface area contributed by atoms with Gasteiger partial charge in [-0.1, -0.05) is 36.4 Å². The van der Waals surface area contributed by atoms with Gasteiger partial charge in [0.1, 0.15) is 17.3 Å². The quantitative estimate of drug-likeness (QED) is 0.703. The Labute approximate surface area is 151 Å². The number of ether oxygens (including phenoxy) is 1. The number of hydrogen-bond donors (Lipinski definition) is 0. The second-order valence-corrected chi connectivity index (χ2v) is 6.31. The Bertz CT molecular complexity index is 768. The van der Waals surface area contributed by atoms with Crippen molar-refractivity contribution in [3.63, 3.8) is 0 Å². The zero-order valence-electron chi connectivity index (χ0n) is 13.6. The van der Waals surface area contributed by atoms with Gasteiger partial charge in [-0.15, -0.1) is 16.4 Å². The number of benzene rings is 2. The van der Waals surface area contributed by atoms with Crippen LogP contribution < -0.4 is 14.5 Å². The van der Waals surface area contributed by atoms with Crippen molar-refractivity contribution < 1.29 is 9.57 Å². The molecule has 1 radical (unpaired) electrons. The predicted octanol–water partition coefficient (Wildman–Crippen LogP) is 3.46.